The lowest BCUT2D eigenvalue weighted by Crippen LogP contribution is -2.56. The largest absolute Gasteiger partial charge is 0.325 e. The highest BCUT2D eigenvalue weighted by Gasteiger charge is 2.68. The number of carbonyl (C=O) groups excluding carboxylic acids is 3. The van der Waals surface area contributed by atoms with Gasteiger partial charge in [0.25, 0.3) is 0 Å². The van der Waals surface area contributed by atoms with Crippen LogP contribution < -0.4 is 5.32 Å². The van der Waals surface area contributed by atoms with Crippen molar-refractivity contribution >= 4 is 50.2 Å². The molecule has 0 bridgehead atoms. The average Bonchev–Trinajstić information content (AvgIpc) is 3.36. The van der Waals surface area contributed by atoms with E-state index in [4.69, 9.17) is 0 Å². The zero-order valence-corrected chi connectivity index (χ0v) is 29.0. The summed E-state index contributed by atoms with van der Waals surface area (Å²) in [6, 6.07) is 4.85. The number of rotatable bonds is 8. The van der Waals surface area contributed by atoms with Crippen molar-refractivity contribution in [1.82, 2.24) is 39.5 Å². The van der Waals surface area contributed by atoms with E-state index >= 15 is 0 Å². The van der Waals surface area contributed by atoms with Crippen molar-refractivity contribution in [1.29, 1.82) is 0 Å². The summed E-state index contributed by atoms with van der Waals surface area (Å²) in [5.74, 6) is 0.475. The smallest absolute Gasteiger partial charge is 0.248 e. The lowest BCUT2D eigenvalue weighted by Gasteiger charge is -2.49. The number of carbonyl (C=O) groups is 3. The first kappa shape index (κ1) is 31.2. The van der Waals surface area contributed by atoms with Crippen molar-refractivity contribution in [3.05, 3.63) is 58.5 Å². The molecule has 4 fully saturated rings. The SMILES string of the molecule is CC(=O)c1nn(CC(=O)N2C3C[C@]3(CN3CC4(CCCC4)C3)C[C@H]2C(=O)Nc2nc(Br)ccc2C)c2cnc(-c3cnc(C)nc3)cc12. The average molecular weight is 713 g/mol. The van der Waals surface area contributed by atoms with Crippen LogP contribution in [0.3, 0.4) is 0 Å². The molecule has 1 unspecified atom stereocenters. The second kappa shape index (κ2) is 11.5. The molecule has 4 aliphatic rings. The predicted molar refractivity (Wildman–Crippen MR) is 182 cm³/mol. The Morgan fingerprint density at radius 2 is 1.77 bits per heavy atom. The summed E-state index contributed by atoms with van der Waals surface area (Å²) in [6.45, 7) is 8.19. The zero-order valence-electron chi connectivity index (χ0n) is 27.4. The van der Waals surface area contributed by atoms with Crippen LogP contribution in [0.25, 0.3) is 22.2 Å². The Morgan fingerprint density at radius 3 is 2.50 bits per heavy atom. The standard InChI is InChI=1S/C35H38BrN9O3/c1-20-6-7-29(36)40-32(20)41-33(48)26-11-35(19-43-17-34(18-43)8-4-5-9-34)12-28(35)45(26)30(47)16-44-27-15-39-25(23-13-37-22(3)38-14-23)10-24(27)31(42-44)21(2)46/h6-7,10,13-15,26,28H,4-5,8-9,11-12,16-19H2,1-3H3,(H,40,41,48)/t26-,28?,35-/m0/s1. The lowest BCUT2D eigenvalue weighted by atomic mass is 9.77. The van der Waals surface area contributed by atoms with Crippen molar-refractivity contribution in [2.45, 2.75) is 77.9 Å². The van der Waals surface area contributed by atoms with Gasteiger partial charge in [-0.3, -0.25) is 24.0 Å². The fraction of sp³-hybridized carbons (Fsp3) is 0.486. The van der Waals surface area contributed by atoms with Crippen molar-refractivity contribution < 1.29 is 14.4 Å². The molecule has 48 heavy (non-hydrogen) atoms. The minimum Gasteiger partial charge on any atom is -0.325 e. The van der Waals surface area contributed by atoms with Crippen LogP contribution in [0.15, 0.2) is 41.4 Å². The number of anilines is 1. The molecule has 2 aliphatic heterocycles. The van der Waals surface area contributed by atoms with Crippen molar-refractivity contribution in [2.75, 3.05) is 25.0 Å². The number of ketones is 1. The van der Waals surface area contributed by atoms with Gasteiger partial charge in [0.15, 0.2) is 5.78 Å². The van der Waals surface area contributed by atoms with E-state index in [0.717, 1.165) is 31.6 Å². The number of aromatic nitrogens is 6. The predicted octanol–water partition coefficient (Wildman–Crippen LogP) is 4.74. The van der Waals surface area contributed by atoms with E-state index in [2.05, 4.69) is 51.2 Å². The highest BCUT2D eigenvalue weighted by Crippen LogP contribution is 2.61. The Hall–Kier alpha value is -4.10. The first-order valence-electron chi connectivity index (χ1n) is 16.7. The minimum atomic E-state index is -0.640. The first-order chi connectivity index (χ1) is 23.0. The van der Waals surface area contributed by atoms with E-state index in [1.54, 1.807) is 34.2 Å². The molecule has 1 N–H and O–H groups in total. The van der Waals surface area contributed by atoms with E-state index in [0.29, 0.717) is 50.2 Å². The summed E-state index contributed by atoms with van der Waals surface area (Å²) >= 11 is 3.41. The van der Waals surface area contributed by atoms with Gasteiger partial charge in [0, 0.05) is 61.4 Å². The normalized spacial score (nSPS) is 24.1. The molecule has 1 spiro atoms. The summed E-state index contributed by atoms with van der Waals surface area (Å²) in [4.78, 5) is 63.0. The van der Waals surface area contributed by atoms with Gasteiger partial charge in [-0.2, -0.15) is 5.10 Å². The van der Waals surface area contributed by atoms with Gasteiger partial charge in [-0.1, -0.05) is 18.9 Å². The molecule has 2 aliphatic carbocycles. The third-order valence-electron chi connectivity index (χ3n) is 11.0. The van der Waals surface area contributed by atoms with Gasteiger partial charge in [0.05, 0.1) is 17.4 Å². The maximum atomic E-state index is 14.3. The number of Topliss-reactive ketones (excluding diaryl/α,β-unsaturated/α-hetero) is 1. The zero-order chi connectivity index (χ0) is 33.4. The quantitative estimate of drug-likeness (QED) is 0.203. The second-order valence-electron chi connectivity index (χ2n) is 14.4. The van der Waals surface area contributed by atoms with E-state index < -0.39 is 6.04 Å². The van der Waals surface area contributed by atoms with Crippen LogP contribution >= 0.6 is 15.9 Å². The Labute approximate surface area is 286 Å². The summed E-state index contributed by atoms with van der Waals surface area (Å²) in [7, 11) is 0. The Morgan fingerprint density at radius 1 is 1.02 bits per heavy atom. The molecule has 0 radical (unpaired) electrons. The van der Waals surface area contributed by atoms with E-state index in [1.807, 2.05) is 26.0 Å². The van der Waals surface area contributed by atoms with Crippen LogP contribution in [0.4, 0.5) is 5.82 Å². The first-order valence-corrected chi connectivity index (χ1v) is 17.5. The number of nitrogens with zero attached hydrogens (tertiary/aromatic N) is 8. The number of nitrogens with one attached hydrogen (secondary N) is 1. The van der Waals surface area contributed by atoms with Crippen LogP contribution in [0.1, 0.15) is 67.3 Å². The van der Waals surface area contributed by atoms with E-state index in [9.17, 15) is 14.4 Å². The molecule has 3 atom stereocenters. The molecule has 0 aromatic carbocycles. The lowest BCUT2D eigenvalue weighted by molar-refractivity contribution is -0.138. The minimum absolute atomic E-state index is 0.0298. The fourth-order valence-electron chi connectivity index (χ4n) is 8.52. The number of hydrogen-bond donors (Lipinski definition) is 1. The van der Waals surface area contributed by atoms with E-state index in [1.165, 1.54) is 32.6 Å². The van der Waals surface area contributed by atoms with Crippen LogP contribution in [-0.4, -0.2) is 88.8 Å². The fourth-order valence-corrected chi connectivity index (χ4v) is 8.83. The van der Waals surface area contributed by atoms with Crippen molar-refractivity contribution in [3.8, 4) is 11.3 Å². The molecule has 6 heterocycles. The molecule has 2 saturated heterocycles. The van der Waals surface area contributed by atoms with Gasteiger partial charge in [-0.05, 0) is 78.6 Å². The number of fused-ring (bicyclic) bond motifs is 2. The molecule has 4 aromatic rings. The van der Waals surface area contributed by atoms with Crippen LogP contribution in [0.2, 0.25) is 0 Å². The number of hydrogen-bond acceptors (Lipinski definition) is 9. The van der Waals surface area contributed by atoms with Crippen LogP contribution in [0.5, 0.6) is 0 Å². The van der Waals surface area contributed by atoms with Gasteiger partial charge in [-0.15, -0.1) is 0 Å². The maximum absolute atomic E-state index is 14.3. The second-order valence-corrected chi connectivity index (χ2v) is 15.2. The molecular weight excluding hydrogens is 674 g/mol. The maximum Gasteiger partial charge on any atom is 0.248 e. The number of pyridine rings is 2. The molecule has 4 aromatic heterocycles. The molecule has 13 heteroatoms. The van der Waals surface area contributed by atoms with Crippen LogP contribution in [0, 0.1) is 24.7 Å². The molecule has 248 valence electrons. The molecular formula is C35H38BrN9O3. The third kappa shape index (κ3) is 5.40. The molecule has 2 amide bonds. The van der Waals surface area contributed by atoms with Crippen molar-refractivity contribution in [3.63, 3.8) is 0 Å². The summed E-state index contributed by atoms with van der Waals surface area (Å²) in [5, 5.41) is 8.22. The summed E-state index contributed by atoms with van der Waals surface area (Å²) in [6.07, 6.45) is 11.8. The monoisotopic (exact) mass is 711 g/mol. The van der Waals surface area contributed by atoms with Crippen LogP contribution in [-0.2, 0) is 16.1 Å². The topological polar surface area (TPSA) is 139 Å². The number of amides is 2. The Bertz CT molecular complexity index is 1960. The van der Waals surface area contributed by atoms with Gasteiger partial charge >= 0.3 is 0 Å². The van der Waals surface area contributed by atoms with Crippen molar-refractivity contribution in [2.24, 2.45) is 10.8 Å². The van der Waals surface area contributed by atoms with Gasteiger partial charge in [0.2, 0.25) is 11.8 Å². The molecule has 12 nitrogen and oxygen atoms in total. The van der Waals surface area contributed by atoms with Gasteiger partial charge in [-0.25, -0.2) is 15.0 Å². The Kier molecular flexibility index (Phi) is 7.48. The van der Waals surface area contributed by atoms with Gasteiger partial charge in [0.1, 0.15) is 34.5 Å². The third-order valence-corrected chi connectivity index (χ3v) is 11.4. The Balaban J connectivity index is 1.07. The number of aryl methyl sites for hydroxylation is 2. The highest BCUT2D eigenvalue weighted by molar-refractivity contribution is 9.10. The molecule has 2 saturated carbocycles. The number of likely N-dealkylation sites (tertiary alicyclic amines) is 2. The highest BCUT2D eigenvalue weighted by atomic mass is 79.9. The summed E-state index contributed by atoms with van der Waals surface area (Å²) < 4.78 is 2.17. The summed E-state index contributed by atoms with van der Waals surface area (Å²) in [5.41, 5.74) is 3.37. The van der Waals surface area contributed by atoms with E-state index in [-0.39, 0.29) is 41.3 Å². The molecule has 8 rings (SSSR count). The van der Waals surface area contributed by atoms with Gasteiger partial charge < -0.3 is 15.1 Å². The number of halogens is 1. The number of piperidine rings is 1.